The Balaban J connectivity index is 0.00000122. The van der Waals surface area contributed by atoms with Crippen LogP contribution in [0.1, 0.15) is 36.4 Å². The molecule has 0 amide bonds. The molecule has 0 bridgehead atoms. The van der Waals surface area contributed by atoms with Gasteiger partial charge >= 0.3 is 33.3 Å². The van der Waals surface area contributed by atoms with E-state index in [1.54, 1.807) is 14.2 Å². The van der Waals surface area contributed by atoms with E-state index in [2.05, 4.69) is 0 Å². The van der Waals surface area contributed by atoms with Gasteiger partial charge in [0.2, 0.25) is 0 Å². The van der Waals surface area contributed by atoms with Crippen LogP contribution in [0.4, 0.5) is 11.4 Å². The maximum absolute atomic E-state index is 5.27. The third-order valence-corrected chi connectivity index (χ3v) is 4.87. The molecule has 0 radical (unpaired) electrons. The van der Waals surface area contributed by atoms with E-state index >= 15 is 0 Å². The fraction of sp³-hybridized carbons (Fsp3) is 0.240. The summed E-state index contributed by atoms with van der Waals surface area (Å²) in [6.07, 6.45) is 0. The molecular formula is C25H27Cl2FeN3O2. The van der Waals surface area contributed by atoms with E-state index in [1.807, 2.05) is 82.3 Å². The third kappa shape index (κ3) is 7.86. The normalized spacial score (nSPS) is 11.6. The summed E-state index contributed by atoms with van der Waals surface area (Å²) in [7, 11) is 12.9. The molecule has 1 heterocycles. The zero-order valence-corrected chi connectivity index (χ0v) is 22.1. The van der Waals surface area contributed by atoms with Gasteiger partial charge in [0.05, 0.1) is 48.4 Å². The van der Waals surface area contributed by atoms with Gasteiger partial charge in [-0.25, -0.2) is 4.98 Å². The molecule has 0 N–H and O–H groups in total. The van der Waals surface area contributed by atoms with Crippen molar-refractivity contribution in [2.24, 2.45) is 9.98 Å². The van der Waals surface area contributed by atoms with Crippen molar-refractivity contribution in [3.05, 3.63) is 77.1 Å². The molecular weight excluding hydrogens is 501 g/mol. The number of aromatic nitrogens is 1. The average molecular weight is 528 g/mol. The molecule has 0 saturated heterocycles. The molecule has 0 fully saturated rings. The number of methoxy groups -OCH3 is 2. The van der Waals surface area contributed by atoms with E-state index in [4.69, 9.17) is 44.6 Å². The SMILES string of the molecule is COc1ccc(N=C(C)c2cccc(C(C)=Nc3ccc(OC)cc3C)n2)c(C)c1.[Cl][Fe][Cl]. The van der Waals surface area contributed by atoms with Crippen molar-refractivity contribution < 1.29 is 22.6 Å². The minimum absolute atomic E-state index is 0.194. The molecule has 0 aliphatic carbocycles. The number of hydrogen-bond acceptors (Lipinski definition) is 5. The van der Waals surface area contributed by atoms with Gasteiger partial charge in [-0.1, -0.05) is 6.07 Å². The zero-order chi connectivity index (χ0) is 24.4. The maximum atomic E-state index is 5.27. The van der Waals surface area contributed by atoms with Crippen LogP contribution in [0.25, 0.3) is 0 Å². The molecule has 0 atom stereocenters. The third-order valence-electron chi connectivity index (χ3n) is 4.87. The Bertz CT molecular complexity index is 1070. The van der Waals surface area contributed by atoms with E-state index < -0.39 is 0 Å². The summed E-state index contributed by atoms with van der Waals surface area (Å²) in [6, 6.07) is 17.6. The zero-order valence-electron chi connectivity index (χ0n) is 19.5. The first kappa shape index (κ1) is 26.9. The van der Waals surface area contributed by atoms with Crippen LogP contribution in [0, 0.1) is 13.8 Å². The Morgan fingerprint density at radius 2 is 1.15 bits per heavy atom. The number of aliphatic imine (C=N–C) groups is 2. The van der Waals surface area contributed by atoms with Crippen LogP contribution in [0.3, 0.4) is 0 Å². The van der Waals surface area contributed by atoms with E-state index in [9.17, 15) is 0 Å². The first-order valence-electron chi connectivity index (χ1n) is 10.1. The molecule has 0 aliphatic heterocycles. The second kappa shape index (κ2) is 13.4. The second-order valence-electron chi connectivity index (χ2n) is 7.16. The number of pyridine rings is 1. The van der Waals surface area contributed by atoms with Crippen LogP contribution in [0.2, 0.25) is 0 Å². The standard InChI is InChI=1S/C25H27N3O2.2ClH.Fe/c1-16-14-20(29-5)10-12-22(16)26-18(3)24-8-7-9-25(28-24)19(4)27-23-13-11-21(30-6)15-17(23)2;;;/h7-15H,1-6H3;2*1H;/q;;;+2/p-2. The number of ether oxygens (including phenoxy) is 2. The topological polar surface area (TPSA) is 56.1 Å². The van der Waals surface area contributed by atoms with Crippen LogP contribution < -0.4 is 9.47 Å². The Labute approximate surface area is 210 Å². The van der Waals surface area contributed by atoms with Gasteiger partial charge in [-0.2, -0.15) is 0 Å². The van der Waals surface area contributed by atoms with Gasteiger partial charge in [-0.05, 0) is 87.4 Å². The molecule has 0 spiro atoms. The van der Waals surface area contributed by atoms with E-state index in [0.717, 1.165) is 56.8 Å². The van der Waals surface area contributed by atoms with Crippen LogP contribution in [-0.2, 0) is 13.1 Å². The van der Waals surface area contributed by atoms with Gasteiger partial charge in [0.15, 0.2) is 0 Å². The van der Waals surface area contributed by atoms with Gasteiger partial charge in [0.25, 0.3) is 0 Å². The first-order chi connectivity index (χ1) is 15.8. The number of hydrogen-bond donors (Lipinski definition) is 0. The van der Waals surface area contributed by atoms with Gasteiger partial charge < -0.3 is 9.47 Å². The summed E-state index contributed by atoms with van der Waals surface area (Å²) in [5.41, 5.74) is 7.25. The average Bonchev–Trinajstić information content (AvgIpc) is 2.82. The van der Waals surface area contributed by atoms with Crippen molar-refractivity contribution in [2.75, 3.05) is 14.2 Å². The molecule has 1 aromatic heterocycles. The predicted molar refractivity (Wildman–Crippen MR) is 135 cm³/mol. The number of aryl methyl sites for hydroxylation is 2. The molecule has 176 valence electrons. The summed E-state index contributed by atoms with van der Waals surface area (Å²) >= 11 is 0.194. The van der Waals surface area contributed by atoms with Crippen molar-refractivity contribution in [1.82, 2.24) is 4.98 Å². The molecule has 33 heavy (non-hydrogen) atoms. The molecule has 0 unspecified atom stereocenters. The first-order valence-corrected chi connectivity index (χ1v) is 13.1. The Hall–Kier alpha value is -2.37. The molecule has 3 aromatic rings. The summed E-state index contributed by atoms with van der Waals surface area (Å²) in [5, 5.41) is 0. The van der Waals surface area contributed by atoms with Crippen LogP contribution in [0.15, 0.2) is 64.6 Å². The summed E-state index contributed by atoms with van der Waals surface area (Å²) < 4.78 is 10.5. The van der Waals surface area contributed by atoms with Gasteiger partial charge in [-0.15, -0.1) is 0 Å². The fourth-order valence-electron chi connectivity index (χ4n) is 3.07. The molecule has 0 saturated carbocycles. The van der Waals surface area contributed by atoms with Gasteiger partial charge in [0, 0.05) is 0 Å². The van der Waals surface area contributed by atoms with Crippen molar-refractivity contribution in [1.29, 1.82) is 0 Å². The summed E-state index contributed by atoms with van der Waals surface area (Å²) in [6.45, 7) is 7.98. The molecule has 0 aliphatic rings. The van der Waals surface area contributed by atoms with Crippen molar-refractivity contribution >= 4 is 43.0 Å². The van der Waals surface area contributed by atoms with Crippen molar-refractivity contribution in [3.8, 4) is 11.5 Å². The second-order valence-corrected chi connectivity index (χ2v) is 8.98. The van der Waals surface area contributed by atoms with Gasteiger partial charge in [0.1, 0.15) is 11.5 Å². The number of nitrogens with zero attached hydrogens (tertiary/aromatic N) is 3. The predicted octanol–water partition coefficient (Wildman–Crippen LogP) is 7.37. The number of benzene rings is 2. The number of halogens is 2. The fourth-order valence-corrected chi connectivity index (χ4v) is 3.07. The van der Waals surface area contributed by atoms with Crippen molar-refractivity contribution in [3.63, 3.8) is 0 Å². The monoisotopic (exact) mass is 527 g/mol. The quantitative estimate of drug-likeness (QED) is 0.248. The Kier molecular flexibility index (Phi) is 10.9. The molecule has 5 nitrogen and oxygen atoms in total. The molecule has 2 aromatic carbocycles. The van der Waals surface area contributed by atoms with E-state index in [0.29, 0.717) is 0 Å². The molecule has 3 rings (SSSR count). The van der Waals surface area contributed by atoms with Crippen LogP contribution in [0.5, 0.6) is 11.5 Å². The van der Waals surface area contributed by atoms with E-state index in [1.165, 1.54) is 0 Å². The van der Waals surface area contributed by atoms with Crippen LogP contribution >= 0.6 is 20.2 Å². The molecule has 8 heteroatoms. The van der Waals surface area contributed by atoms with Crippen LogP contribution in [-0.4, -0.2) is 30.6 Å². The van der Waals surface area contributed by atoms with Gasteiger partial charge in [-0.3, -0.25) is 9.98 Å². The summed E-state index contributed by atoms with van der Waals surface area (Å²) in [5.74, 6) is 1.65. The minimum atomic E-state index is 0.194. The number of rotatable bonds is 6. The van der Waals surface area contributed by atoms with E-state index in [-0.39, 0.29) is 13.1 Å². The summed E-state index contributed by atoms with van der Waals surface area (Å²) in [4.78, 5) is 14.3. The Morgan fingerprint density at radius 1 is 0.758 bits per heavy atom. The van der Waals surface area contributed by atoms with Crippen molar-refractivity contribution in [2.45, 2.75) is 27.7 Å². The Morgan fingerprint density at radius 3 is 1.48 bits per heavy atom.